The van der Waals surface area contributed by atoms with Crippen LogP contribution in [-0.4, -0.2) is 0 Å². The number of hydrogen-bond donors (Lipinski definition) is 0. The Kier molecular flexibility index (Phi) is 7.18. The van der Waals surface area contributed by atoms with Crippen LogP contribution in [0.4, 0.5) is 17.1 Å². The van der Waals surface area contributed by atoms with Crippen molar-refractivity contribution in [3.05, 3.63) is 200 Å². The fourth-order valence-corrected chi connectivity index (χ4v) is 7.81. The zero-order valence-electron chi connectivity index (χ0n) is 28.4. The Hall–Kier alpha value is -6.90. The number of hydrogen-bond acceptors (Lipinski definition) is 2. The van der Waals surface area contributed by atoms with Crippen molar-refractivity contribution in [2.24, 2.45) is 0 Å². The van der Waals surface area contributed by atoms with Gasteiger partial charge in [-0.25, -0.2) is 0 Å². The van der Waals surface area contributed by atoms with E-state index in [-0.39, 0.29) is 0 Å². The van der Waals surface area contributed by atoms with E-state index in [9.17, 15) is 0 Å². The molecule has 0 aliphatic heterocycles. The Morgan fingerprint density at radius 3 is 1.62 bits per heavy atom. The van der Waals surface area contributed by atoms with Crippen molar-refractivity contribution in [2.45, 2.75) is 0 Å². The van der Waals surface area contributed by atoms with Gasteiger partial charge in [0, 0.05) is 27.5 Å². The second kappa shape index (κ2) is 12.5. The molecule has 0 bridgehead atoms. The first-order valence-electron chi connectivity index (χ1n) is 17.8. The zero-order valence-corrected chi connectivity index (χ0v) is 28.4. The van der Waals surface area contributed by atoms with Gasteiger partial charge in [-0.05, 0) is 92.0 Å². The van der Waals surface area contributed by atoms with E-state index in [0.717, 1.165) is 49.8 Å². The lowest BCUT2D eigenvalue weighted by Gasteiger charge is -2.27. The van der Waals surface area contributed by atoms with Crippen LogP contribution in [0.1, 0.15) is 0 Å². The van der Waals surface area contributed by atoms with Crippen LogP contribution in [0.15, 0.2) is 205 Å². The van der Waals surface area contributed by atoms with Gasteiger partial charge in [0.15, 0.2) is 0 Å². The molecule has 0 saturated carbocycles. The molecule has 52 heavy (non-hydrogen) atoms. The average Bonchev–Trinajstić information content (AvgIpc) is 3.61. The number of anilines is 3. The number of para-hydroxylation sites is 1. The number of fused-ring (bicyclic) bond motifs is 6. The van der Waals surface area contributed by atoms with Gasteiger partial charge in [-0.1, -0.05) is 158 Å². The summed E-state index contributed by atoms with van der Waals surface area (Å²) in [5, 5.41) is 6.96. The molecule has 9 aromatic carbocycles. The SMILES string of the molecule is c1ccc(-c2ccccc2-c2ccc(N(c3ccc(-c4cccc5ccccc45)cc3)c3cccc4ccc5c6ccccc6oc5c34)cc2)cc1. The summed E-state index contributed by atoms with van der Waals surface area (Å²) in [7, 11) is 0. The van der Waals surface area contributed by atoms with Gasteiger partial charge in [0.1, 0.15) is 11.2 Å². The summed E-state index contributed by atoms with van der Waals surface area (Å²) >= 11 is 0. The smallest absolute Gasteiger partial charge is 0.145 e. The third-order valence-electron chi connectivity index (χ3n) is 10.3. The monoisotopic (exact) mass is 663 g/mol. The third kappa shape index (κ3) is 5.04. The zero-order chi connectivity index (χ0) is 34.4. The Morgan fingerprint density at radius 2 is 0.865 bits per heavy atom. The first kappa shape index (κ1) is 30.0. The molecule has 0 radical (unpaired) electrons. The number of rotatable bonds is 6. The topological polar surface area (TPSA) is 16.4 Å². The molecule has 0 amide bonds. The fourth-order valence-electron chi connectivity index (χ4n) is 7.81. The van der Waals surface area contributed by atoms with Crippen molar-refractivity contribution in [3.8, 4) is 33.4 Å². The highest BCUT2D eigenvalue weighted by Gasteiger charge is 2.20. The van der Waals surface area contributed by atoms with Gasteiger partial charge < -0.3 is 9.32 Å². The quantitative estimate of drug-likeness (QED) is 0.176. The number of benzene rings is 9. The second-order valence-electron chi connectivity index (χ2n) is 13.3. The Morgan fingerprint density at radius 1 is 0.327 bits per heavy atom. The molecule has 1 aromatic heterocycles. The molecule has 2 nitrogen and oxygen atoms in total. The minimum absolute atomic E-state index is 0.896. The van der Waals surface area contributed by atoms with Gasteiger partial charge >= 0.3 is 0 Å². The van der Waals surface area contributed by atoms with E-state index >= 15 is 0 Å². The molecule has 10 rings (SSSR count). The molecular formula is C50H33NO. The Labute approximate surface area is 302 Å². The molecule has 10 aromatic rings. The number of nitrogens with zero attached hydrogens (tertiary/aromatic N) is 1. The summed E-state index contributed by atoms with van der Waals surface area (Å²) < 4.78 is 6.65. The highest BCUT2D eigenvalue weighted by molar-refractivity contribution is 6.19. The first-order valence-corrected chi connectivity index (χ1v) is 17.8. The summed E-state index contributed by atoms with van der Waals surface area (Å²) in [4.78, 5) is 2.37. The molecule has 0 unspecified atom stereocenters. The first-order chi connectivity index (χ1) is 25.8. The molecule has 0 N–H and O–H groups in total. The van der Waals surface area contributed by atoms with Crippen LogP contribution in [0, 0.1) is 0 Å². The molecule has 0 saturated heterocycles. The summed E-state index contributed by atoms with van der Waals surface area (Å²) in [5.41, 5.74) is 12.2. The molecule has 0 aliphatic carbocycles. The predicted molar refractivity (Wildman–Crippen MR) is 220 cm³/mol. The molecule has 2 heteroatoms. The van der Waals surface area contributed by atoms with Gasteiger partial charge in [-0.3, -0.25) is 0 Å². The largest absolute Gasteiger partial charge is 0.455 e. The van der Waals surface area contributed by atoms with Crippen molar-refractivity contribution in [2.75, 3.05) is 4.90 Å². The minimum atomic E-state index is 0.896. The lowest BCUT2D eigenvalue weighted by Crippen LogP contribution is -2.10. The standard InChI is InChI=1S/C50H33NO/c1-2-12-34(13-3-1)41-18-6-7-19-43(41)36-24-29-39(30-25-36)51(40-31-26-37(27-32-40)44-21-10-15-35-14-4-5-17-42(35)44)47-22-11-16-38-28-33-46-45-20-8-9-23-48(45)52-50(46)49(38)47/h1-33H. The van der Waals surface area contributed by atoms with Gasteiger partial charge in [-0.15, -0.1) is 0 Å². The molecular weight excluding hydrogens is 631 g/mol. The fraction of sp³-hybridized carbons (Fsp3) is 0. The average molecular weight is 664 g/mol. The molecule has 0 aliphatic rings. The van der Waals surface area contributed by atoms with Crippen LogP contribution >= 0.6 is 0 Å². The van der Waals surface area contributed by atoms with E-state index in [2.05, 4.69) is 199 Å². The van der Waals surface area contributed by atoms with E-state index in [1.165, 1.54) is 44.2 Å². The Balaban J connectivity index is 1.15. The van der Waals surface area contributed by atoms with Crippen molar-refractivity contribution in [3.63, 3.8) is 0 Å². The van der Waals surface area contributed by atoms with Crippen LogP contribution in [0.3, 0.4) is 0 Å². The van der Waals surface area contributed by atoms with Crippen LogP contribution in [0.25, 0.3) is 76.9 Å². The lowest BCUT2D eigenvalue weighted by molar-refractivity contribution is 0.672. The number of furan rings is 1. The molecule has 0 fully saturated rings. The van der Waals surface area contributed by atoms with E-state index in [1.807, 2.05) is 6.07 Å². The van der Waals surface area contributed by atoms with Gasteiger partial charge in [0.2, 0.25) is 0 Å². The Bertz CT molecular complexity index is 2880. The highest BCUT2D eigenvalue weighted by Crippen LogP contribution is 2.45. The maximum Gasteiger partial charge on any atom is 0.145 e. The lowest BCUT2D eigenvalue weighted by atomic mass is 9.94. The maximum atomic E-state index is 6.65. The normalized spacial score (nSPS) is 11.5. The summed E-state index contributed by atoms with van der Waals surface area (Å²) in [6.07, 6.45) is 0. The highest BCUT2D eigenvalue weighted by atomic mass is 16.3. The minimum Gasteiger partial charge on any atom is -0.455 e. The van der Waals surface area contributed by atoms with Gasteiger partial charge in [0.05, 0.1) is 5.69 Å². The third-order valence-corrected chi connectivity index (χ3v) is 10.3. The predicted octanol–water partition coefficient (Wildman–Crippen LogP) is 14.4. The maximum absolute atomic E-state index is 6.65. The van der Waals surface area contributed by atoms with E-state index < -0.39 is 0 Å². The molecule has 0 spiro atoms. The van der Waals surface area contributed by atoms with Crippen molar-refractivity contribution in [1.82, 2.24) is 0 Å². The molecule has 1 heterocycles. The van der Waals surface area contributed by atoms with Crippen molar-refractivity contribution in [1.29, 1.82) is 0 Å². The van der Waals surface area contributed by atoms with Gasteiger partial charge in [0.25, 0.3) is 0 Å². The summed E-state index contributed by atoms with van der Waals surface area (Å²) in [5.74, 6) is 0. The van der Waals surface area contributed by atoms with Crippen molar-refractivity contribution < 1.29 is 4.42 Å². The van der Waals surface area contributed by atoms with E-state index in [0.29, 0.717) is 0 Å². The summed E-state index contributed by atoms with van der Waals surface area (Å²) in [6.45, 7) is 0. The van der Waals surface area contributed by atoms with E-state index in [4.69, 9.17) is 4.42 Å². The van der Waals surface area contributed by atoms with Crippen molar-refractivity contribution >= 4 is 60.5 Å². The van der Waals surface area contributed by atoms with Crippen LogP contribution in [0.5, 0.6) is 0 Å². The van der Waals surface area contributed by atoms with E-state index in [1.54, 1.807) is 0 Å². The molecule has 244 valence electrons. The van der Waals surface area contributed by atoms with Crippen LogP contribution in [0.2, 0.25) is 0 Å². The molecule has 0 atom stereocenters. The summed E-state index contributed by atoms with van der Waals surface area (Å²) in [6, 6.07) is 71.6. The van der Waals surface area contributed by atoms with Crippen LogP contribution in [-0.2, 0) is 0 Å². The van der Waals surface area contributed by atoms with Gasteiger partial charge in [-0.2, -0.15) is 0 Å². The van der Waals surface area contributed by atoms with Crippen LogP contribution < -0.4 is 4.90 Å². The second-order valence-corrected chi connectivity index (χ2v) is 13.3.